The molecule has 10 heavy (non-hydrogen) atoms. The van der Waals surface area contributed by atoms with Crippen LogP contribution in [0.25, 0.3) is 0 Å². The first kappa shape index (κ1) is 9.40. The summed E-state index contributed by atoms with van der Waals surface area (Å²) in [4.78, 5) is 0. The van der Waals surface area contributed by atoms with E-state index in [9.17, 15) is 0 Å². The molecule has 58 valence electrons. The molecule has 2 heteroatoms. The second kappa shape index (κ2) is 5.21. The third-order valence-electron chi connectivity index (χ3n) is 1.14. The first-order chi connectivity index (χ1) is 4.72. The third-order valence-corrected chi connectivity index (χ3v) is 1.14. The van der Waals surface area contributed by atoms with Crippen molar-refractivity contribution in [1.82, 2.24) is 0 Å². The average molecular weight is 142 g/mol. The number of methoxy groups -OCH3 is 2. The van der Waals surface area contributed by atoms with Crippen molar-refractivity contribution in [3.05, 3.63) is 24.3 Å². The van der Waals surface area contributed by atoms with Crippen LogP contribution in [0.3, 0.4) is 0 Å². The Kier molecular flexibility index (Phi) is 4.89. The molecule has 0 bridgehead atoms. The second-order valence-corrected chi connectivity index (χ2v) is 2.07. The summed E-state index contributed by atoms with van der Waals surface area (Å²) in [6, 6.07) is 0. The minimum atomic E-state index is 0.530. The predicted octanol–water partition coefficient (Wildman–Crippen LogP) is 1.39. The molecule has 0 heterocycles. The van der Waals surface area contributed by atoms with Gasteiger partial charge in [-0.2, -0.15) is 0 Å². The molecule has 0 radical (unpaired) electrons. The fraction of sp³-hybridized carbons (Fsp3) is 0.500. The van der Waals surface area contributed by atoms with E-state index in [0.717, 1.165) is 11.1 Å². The van der Waals surface area contributed by atoms with Crippen molar-refractivity contribution in [2.75, 3.05) is 27.4 Å². The fourth-order valence-corrected chi connectivity index (χ4v) is 0.553. The number of rotatable bonds is 5. The lowest BCUT2D eigenvalue weighted by atomic mass is 10.1. The van der Waals surface area contributed by atoms with Crippen LogP contribution in [0.1, 0.15) is 0 Å². The van der Waals surface area contributed by atoms with Crippen LogP contribution in [0.5, 0.6) is 0 Å². The average Bonchev–Trinajstić information content (AvgIpc) is 1.89. The van der Waals surface area contributed by atoms with Crippen LogP contribution in [-0.2, 0) is 9.47 Å². The molecule has 0 N–H and O–H groups in total. The van der Waals surface area contributed by atoms with Crippen molar-refractivity contribution in [2.24, 2.45) is 0 Å². The highest BCUT2D eigenvalue weighted by molar-refractivity contribution is 5.25. The predicted molar refractivity (Wildman–Crippen MR) is 42.0 cm³/mol. The van der Waals surface area contributed by atoms with Gasteiger partial charge < -0.3 is 9.47 Å². The Hall–Kier alpha value is -0.600. The summed E-state index contributed by atoms with van der Waals surface area (Å²) in [7, 11) is 3.26. The Morgan fingerprint density at radius 2 is 1.30 bits per heavy atom. The SMILES string of the molecule is C=C(COC)C(=C)COC. The van der Waals surface area contributed by atoms with Gasteiger partial charge in [0.25, 0.3) is 0 Å². The maximum Gasteiger partial charge on any atom is 0.0710 e. The van der Waals surface area contributed by atoms with Crippen LogP contribution in [-0.4, -0.2) is 27.4 Å². The standard InChI is InChI=1S/C8H14O2/c1-7(5-9-3)8(2)6-10-4/h1-2,5-6H2,3-4H3. The van der Waals surface area contributed by atoms with Gasteiger partial charge in [0.15, 0.2) is 0 Å². The molecule has 0 fully saturated rings. The van der Waals surface area contributed by atoms with Crippen LogP contribution >= 0.6 is 0 Å². The molecule has 0 aromatic heterocycles. The summed E-state index contributed by atoms with van der Waals surface area (Å²) in [5, 5.41) is 0. The van der Waals surface area contributed by atoms with Crippen molar-refractivity contribution in [3.63, 3.8) is 0 Å². The normalized spacial score (nSPS) is 9.40. The molecular formula is C8H14O2. The Bertz CT molecular complexity index is 111. The van der Waals surface area contributed by atoms with Gasteiger partial charge in [-0.15, -0.1) is 0 Å². The van der Waals surface area contributed by atoms with E-state index >= 15 is 0 Å². The Morgan fingerprint density at radius 1 is 1.00 bits per heavy atom. The summed E-state index contributed by atoms with van der Waals surface area (Å²) >= 11 is 0. The Morgan fingerprint density at radius 3 is 1.50 bits per heavy atom. The lowest BCUT2D eigenvalue weighted by Gasteiger charge is -2.05. The molecule has 0 rings (SSSR count). The second-order valence-electron chi connectivity index (χ2n) is 2.07. The number of hydrogen-bond acceptors (Lipinski definition) is 2. The quantitative estimate of drug-likeness (QED) is 0.540. The molecule has 2 nitrogen and oxygen atoms in total. The van der Waals surface area contributed by atoms with Crippen LogP contribution < -0.4 is 0 Å². The molecule has 0 aliphatic carbocycles. The van der Waals surface area contributed by atoms with Gasteiger partial charge in [0, 0.05) is 14.2 Å². The highest BCUT2D eigenvalue weighted by Crippen LogP contribution is 2.04. The Balaban J connectivity index is 3.60. The van der Waals surface area contributed by atoms with Crippen molar-refractivity contribution >= 4 is 0 Å². The van der Waals surface area contributed by atoms with E-state index in [1.54, 1.807) is 14.2 Å². The summed E-state index contributed by atoms with van der Waals surface area (Å²) in [6.45, 7) is 8.58. The molecule has 0 aromatic rings. The summed E-state index contributed by atoms with van der Waals surface area (Å²) in [5.74, 6) is 0. The van der Waals surface area contributed by atoms with E-state index in [0.29, 0.717) is 13.2 Å². The largest absolute Gasteiger partial charge is 0.380 e. The maximum atomic E-state index is 4.86. The van der Waals surface area contributed by atoms with Crippen LogP contribution in [0, 0.1) is 0 Å². The highest BCUT2D eigenvalue weighted by atomic mass is 16.5. The van der Waals surface area contributed by atoms with Crippen LogP contribution in [0.4, 0.5) is 0 Å². The van der Waals surface area contributed by atoms with E-state index in [-0.39, 0.29) is 0 Å². The first-order valence-electron chi connectivity index (χ1n) is 3.06. The first-order valence-corrected chi connectivity index (χ1v) is 3.06. The van der Waals surface area contributed by atoms with E-state index in [4.69, 9.17) is 9.47 Å². The number of ether oxygens (including phenoxy) is 2. The van der Waals surface area contributed by atoms with Gasteiger partial charge in [0.2, 0.25) is 0 Å². The molecule has 0 atom stereocenters. The zero-order valence-corrected chi connectivity index (χ0v) is 6.64. The smallest absolute Gasteiger partial charge is 0.0710 e. The molecule has 0 amide bonds. The molecule has 0 saturated carbocycles. The molecule has 0 saturated heterocycles. The maximum absolute atomic E-state index is 4.86. The minimum absolute atomic E-state index is 0.530. The summed E-state index contributed by atoms with van der Waals surface area (Å²) in [5.41, 5.74) is 1.79. The number of hydrogen-bond donors (Lipinski definition) is 0. The molecule has 0 unspecified atom stereocenters. The van der Waals surface area contributed by atoms with E-state index in [2.05, 4.69) is 13.2 Å². The van der Waals surface area contributed by atoms with Gasteiger partial charge in [0.1, 0.15) is 0 Å². The van der Waals surface area contributed by atoms with Crippen molar-refractivity contribution in [1.29, 1.82) is 0 Å². The van der Waals surface area contributed by atoms with Gasteiger partial charge in [-0.1, -0.05) is 13.2 Å². The van der Waals surface area contributed by atoms with Crippen molar-refractivity contribution < 1.29 is 9.47 Å². The third kappa shape index (κ3) is 3.43. The summed E-state index contributed by atoms with van der Waals surface area (Å²) < 4.78 is 9.71. The fourth-order valence-electron chi connectivity index (χ4n) is 0.553. The van der Waals surface area contributed by atoms with Crippen LogP contribution in [0.15, 0.2) is 24.3 Å². The lowest BCUT2D eigenvalue weighted by Crippen LogP contribution is -2.00. The topological polar surface area (TPSA) is 18.5 Å². The molecule has 0 aromatic carbocycles. The molecule has 0 aliphatic rings. The van der Waals surface area contributed by atoms with Crippen molar-refractivity contribution in [2.45, 2.75) is 0 Å². The van der Waals surface area contributed by atoms with Gasteiger partial charge >= 0.3 is 0 Å². The molecular weight excluding hydrogens is 128 g/mol. The Labute approximate surface area is 62.1 Å². The van der Waals surface area contributed by atoms with E-state index < -0.39 is 0 Å². The monoisotopic (exact) mass is 142 g/mol. The zero-order chi connectivity index (χ0) is 7.98. The molecule has 0 spiro atoms. The van der Waals surface area contributed by atoms with Gasteiger partial charge in [0.05, 0.1) is 13.2 Å². The highest BCUT2D eigenvalue weighted by Gasteiger charge is 1.97. The van der Waals surface area contributed by atoms with E-state index in [1.807, 2.05) is 0 Å². The lowest BCUT2D eigenvalue weighted by molar-refractivity contribution is 0.211. The minimum Gasteiger partial charge on any atom is -0.380 e. The molecule has 0 aliphatic heterocycles. The van der Waals surface area contributed by atoms with Gasteiger partial charge in [-0.3, -0.25) is 0 Å². The van der Waals surface area contributed by atoms with Gasteiger partial charge in [-0.25, -0.2) is 0 Å². The van der Waals surface area contributed by atoms with E-state index in [1.165, 1.54) is 0 Å². The van der Waals surface area contributed by atoms with Gasteiger partial charge in [-0.05, 0) is 11.1 Å². The summed E-state index contributed by atoms with van der Waals surface area (Å²) in [6.07, 6.45) is 0. The van der Waals surface area contributed by atoms with Crippen LogP contribution in [0.2, 0.25) is 0 Å². The van der Waals surface area contributed by atoms with Crippen molar-refractivity contribution in [3.8, 4) is 0 Å². The zero-order valence-electron chi connectivity index (χ0n) is 6.64.